The van der Waals surface area contributed by atoms with Crippen molar-refractivity contribution in [3.05, 3.63) is 34.3 Å². The highest BCUT2D eigenvalue weighted by Crippen LogP contribution is 2.26. The van der Waals surface area contributed by atoms with E-state index in [0.29, 0.717) is 11.4 Å². The SMILES string of the molecule is CCc1nc(-c2cc(F)ccc2Br)n[nH]1. The highest BCUT2D eigenvalue weighted by molar-refractivity contribution is 9.10. The van der Waals surface area contributed by atoms with E-state index in [2.05, 4.69) is 31.1 Å². The van der Waals surface area contributed by atoms with Crippen LogP contribution in [0.2, 0.25) is 0 Å². The van der Waals surface area contributed by atoms with Gasteiger partial charge in [0.15, 0.2) is 5.82 Å². The lowest BCUT2D eigenvalue weighted by Crippen LogP contribution is -1.85. The number of hydrogen-bond acceptors (Lipinski definition) is 2. The zero-order valence-electron chi connectivity index (χ0n) is 8.09. The van der Waals surface area contributed by atoms with Crippen LogP contribution < -0.4 is 0 Å². The van der Waals surface area contributed by atoms with Gasteiger partial charge >= 0.3 is 0 Å². The van der Waals surface area contributed by atoms with Crippen LogP contribution in [0.3, 0.4) is 0 Å². The molecule has 15 heavy (non-hydrogen) atoms. The van der Waals surface area contributed by atoms with Crippen molar-refractivity contribution in [3.8, 4) is 11.4 Å². The maximum absolute atomic E-state index is 13.0. The van der Waals surface area contributed by atoms with Crippen LogP contribution in [0.25, 0.3) is 11.4 Å². The second kappa shape index (κ2) is 4.10. The first kappa shape index (κ1) is 10.3. The molecule has 0 saturated heterocycles. The normalized spacial score (nSPS) is 10.6. The summed E-state index contributed by atoms with van der Waals surface area (Å²) in [7, 11) is 0. The predicted octanol–water partition coefficient (Wildman–Crippen LogP) is 2.94. The van der Waals surface area contributed by atoms with Crippen LogP contribution in [0.1, 0.15) is 12.7 Å². The Morgan fingerprint density at radius 3 is 2.93 bits per heavy atom. The molecule has 5 heteroatoms. The van der Waals surface area contributed by atoms with Gasteiger partial charge in [0, 0.05) is 16.5 Å². The van der Waals surface area contributed by atoms with Crippen LogP contribution in [0.5, 0.6) is 0 Å². The van der Waals surface area contributed by atoms with Crippen LogP contribution >= 0.6 is 15.9 Å². The van der Waals surface area contributed by atoms with Gasteiger partial charge in [-0.3, -0.25) is 5.10 Å². The van der Waals surface area contributed by atoms with Crippen molar-refractivity contribution in [2.24, 2.45) is 0 Å². The van der Waals surface area contributed by atoms with Crippen molar-refractivity contribution in [2.45, 2.75) is 13.3 Å². The van der Waals surface area contributed by atoms with E-state index >= 15 is 0 Å². The summed E-state index contributed by atoms with van der Waals surface area (Å²) < 4.78 is 13.8. The van der Waals surface area contributed by atoms with Crippen molar-refractivity contribution >= 4 is 15.9 Å². The third-order valence-electron chi connectivity index (χ3n) is 2.04. The van der Waals surface area contributed by atoms with Crippen molar-refractivity contribution in [1.29, 1.82) is 0 Å². The van der Waals surface area contributed by atoms with Crippen molar-refractivity contribution in [2.75, 3.05) is 0 Å². The maximum atomic E-state index is 13.0. The van der Waals surface area contributed by atoms with Crippen LogP contribution in [0, 0.1) is 5.82 Å². The monoisotopic (exact) mass is 269 g/mol. The number of aryl methyl sites for hydroxylation is 1. The van der Waals surface area contributed by atoms with Gasteiger partial charge in [-0.15, -0.1) is 0 Å². The van der Waals surface area contributed by atoms with Gasteiger partial charge in [-0.1, -0.05) is 22.9 Å². The Balaban J connectivity index is 2.48. The largest absolute Gasteiger partial charge is 0.263 e. The van der Waals surface area contributed by atoms with Gasteiger partial charge in [-0.2, -0.15) is 5.10 Å². The van der Waals surface area contributed by atoms with E-state index < -0.39 is 0 Å². The fourth-order valence-corrected chi connectivity index (χ4v) is 1.67. The molecule has 1 aromatic carbocycles. The summed E-state index contributed by atoms with van der Waals surface area (Å²) in [6.45, 7) is 1.98. The Morgan fingerprint density at radius 1 is 1.47 bits per heavy atom. The Hall–Kier alpha value is -1.23. The molecular weight excluding hydrogens is 261 g/mol. The molecule has 0 spiro atoms. The number of rotatable bonds is 2. The van der Waals surface area contributed by atoms with Gasteiger partial charge in [-0.25, -0.2) is 9.37 Å². The van der Waals surface area contributed by atoms with Crippen LogP contribution in [0.15, 0.2) is 22.7 Å². The Bertz CT molecular complexity index is 481. The number of halogens is 2. The molecule has 0 atom stereocenters. The lowest BCUT2D eigenvalue weighted by molar-refractivity contribution is 0.628. The lowest BCUT2D eigenvalue weighted by atomic mass is 10.2. The number of H-pyrrole nitrogens is 1. The second-order valence-corrected chi connectivity index (χ2v) is 3.94. The molecular formula is C10H9BrFN3. The molecule has 2 aromatic rings. The fraction of sp³-hybridized carbons (Fsp3) is 0.200. The van der Waals surface area contributed by atoms with Crippen molar-refractivity contribution < 1.29 is 4.39 Å². The smallest absolute Gasteiger partial charge is 0.182 e. The molecule has 1 heterocycles. The van der Waals surface area contributed by atoms with Crippen LogP contribution in [-0.2, 0) is 6.42 Å². The number of nitrogens with one attached hydrogen (secondary N) is 1. The van der Waals surface area contributed by atoms with Crippen LogP contribution in [-0.4, -0.2) is 15.2 Å². The summed E-state index contributed by atoms with van der Waals surface area (Å²) in [6.07, 6.45) is 0.778. The van der Waals surface area contributed by atoms with E-state index in [1.165, 1.54) is 12.1 Å². The van der Waals surface area contributed by atoms with E-state index in [9.17, 15) is 4.39 Å². The summed E-state index contributed by atoms with van der Waals surface area (Å²) >= 11 is 3.34. The molecule has 0 amide bonds. The summed E-state index contributed by atoms with van der Waals surface area (Å²) in [6, 6.07) is 4.44. The van der Waals surface area contributed by atoms with Gasteiger partial charge in [0.2, 0.25) is 0 Å². The third-order valence-corrected chi connectivity index (χ3v) is 2.73. The Morgan fingerprint density at radius 2 is 2.27 bits per heavy atom. The summed E-state index contributed by atoms with van der Waals surface area (Å²) in [5, 5.41) is 6.82. The van der Waals surface area contributed by atoms with Crippen LogP contribution in [0.4, 0.5) is 4.39 Å². The zero-order chi connectivity index (χ0) is 10.8. The zero-order valence-corrected chi connectivity index (χ0v) is 9.68. The first-order valence-electron chi connectivity index (χ1n) is 4.57. The van der Waals surface area contributed by atoms with Gasteiger partial charge in [0.05, 0.1) is 0 Å². The molecule has 0 aliphatic rings. The average molecular weight is 270 g/mol. The van der Waals surface area contributed by atoms with Crippen molar-refractivity contribution in [1.82, 2.24) is 15.2 Å². The Labute approximate surface area is 94.9 Å². The summed E-state index contributed by atoms with van der Waals surface area (Å²) in [5.74, 6) is 1.01. The number of aromatic amines is 1. The van der Waals surface area contributed by atoms with Crippen molar-refractivity contribution in [3.63, 3.8) is 0 Å². The maximum Gasteiger partial charge on any atom is 0.182 e. The first-order chi connectivity index (χ1) is 7.20. The molecule has 0 radical (unpaired) electrons. The third kappa shape index (κ3) is 2.07. The molecule has 0 aliphatic carbocycles. The van der Waals surface area contributed by atoms with Gasteiger partial charge < -0.3 is 0 Å². The van der Waals surface area contributed by atoms with Gasteiger partial charge in [0.25, 0.3) is 0 Å². The number of hydrogen-bond donors (Lipinski definition) is 1. The molecule has 1 aromatic heterocycles. The second-order valence-electron chi connectivity index (χ2n) is 3.08. The standard InChI is InChI=1S/C10H9BrFN3/c1-2-9-13-10(15-14-9)7-5-6(12)3-4-8(7)11/h3-5H,2H2,1H3,(H,13,14,15). The fourth-order valence-electron chi connectivity index (χ4n) is 1.24. The highest BCUT2D eigenvalue weighted by Gasteiger charge is 2.09. The molecule has 0 saturated carbocycles. The molecule has 0 bridgehead atoms. The van der Waals surface area contributed by atoms with E-state index in [-0.39, 0.29) is 5.82 Å². The lowest BCUT2D eigenvalue weighted by Gasteiger charge is -1.98. The number of benzene rings is 1. The minimum Gasteiger partial charge on any atom is -0.263 e. The highest BCUT2D eigenvalue weighted by atomic mass is 79.9. The topological polar surface area (TPSA) is 41.6 Å². The minimum absolute atomic E-state index is 0.295. The number of aromatic nitrogens is 3. The quantitative estimate of drug-likeness (QED) is 0.911. The summed E-state index contributed by atoms with van der Waals surface area (Å²) in [5.41, 5.74) is 0.658. The summed E-state index contributed by atoms with van der Waals surface area (Å²) in [4.78, 5) is 4.24. The Kier molecular flexibility index (Phi) is 2.81. The van der Waals surface area contributed by atoms with Gasteiger partial charge in [-0.05, 0) is 18.2 Å². The molecule has 0 fully saturated rings. The first-order valence-corrected chi connectivity index (χ1v) is 5.36. The molecule has 0 aliphatic heterocycles. The van der Waals surface area contributed by atoms with E-state index in [4.69, 9.17) is 0 Å². The molecule has 3 nitrogen and oxygen atoms in total. The predicted molar refractivity (Wildman–Crippen MR) is 58.9 cm³/mol. The van der Waals surface area contributed by atoms with Gasteiger partial charge in [0.1, 0.15) is 11.6 Å². The van der Waals surface area contributed by atoms with E-state index in [1.807, 2.05) is 6.92 Å². The molecule has 78 valence electrons. The molecule has 1 N–H and O–H groups in total. The minimum atomic E-state index is -0.295. The molecule has 2 rings (SSSR count). The van der Waals surface area contributed by atoms with E-state index in [0.717, 1.165) is 16.7 Å². The molecule has 0 unspecified atom stereocenters. The average Bonchev–Trinajstić information content (AvgIpc) is 2.70. The number of nitrogens with zero attached hydrogens (tertiary/aromatic N) is 2. The van der Waals surface area contributed by atoms with E-state index in [1.54, 1.807) is 6.07 Å².